The zero-order valence-electron chi connectivity index (χ0n) is 12.1. The topological polar surface area (TPSA) is 46.3 Å². The molecule has 0 spiro atoms. The van der Waals surface area contributed by atoms with Gasteiger partial charge >= 0.3 is 0 Å². The summed E-state index contributed by atoms with van der Waals surface area (Å²) in [6.07, 6.45) is 6.90. The van der Waals surface area contributed by atoms with Crippen molar-refractivity contribution in [2.45, 2.75) is 45.1 Å². The smallest absolute Gasteiger partial charge is 0.222 e. The van der Waals surface area contributed by atoms with E-state index in [-0.39, 0.29) is 5.91 Å². The van der Waals surface area contributed by atoms with Gasteiger partial charge in [-0.05, 0) is 42.5 Å². The first-order valence-corrected chi connectivity index (χ1v) is 7.72. The predicted octanol–water partition coefficient (Wildman–Crippen LogP) is 3.85. The van der Waals surface area contributed by atoms with Gasteiger partial charge in [0.05, 0.1) is 0 Å². The van der Waals surface area contributed by atoms with Crippen molar-refractivity contribution in [3.05, 3.63) is 28.8 Å². The average molecular weight is 295 g/mol. The lowest BCUT2D eigenvalue weighted by molar-refractivity contribution is -0.131. The number of hydrogen-bond donors (Lipinski definition) is 1. The Balaban J connectivity index is 1.91. The Kier molecular flexibility index (Phi) is 5.30. The van der Waals surface area contributed by atoms with Gasteiger partial charge in [0.25, 0.3) is 0 Å². The van der Waals surface area contributed by atoms with E-state index in [0.29, 0.717) is 29.6 Å². The summed E-state index contributed by atoms with van der Waals surface area (Å²) in [6.45, 7) is 0.523. The summed E-state index contributed by atoms with van der Waals surface area (Å²) < 4.78 is 0. The van der Waals surface area contributed by atoms with Crippen LogP contribution in [-0.2, 0) is 11.3 Å². The van der Waals surface area contributed by atoms with E-state index >= 15 is 0 Å². The van der Waals surface area contributed by atoms with Gasteiger partial charge in [0.15, 0.2) is 0 Å². The normalized spacial score (nSPS) is 16.1. The van der Waals surface area contributed by atoms with Crippen LogP contribution in [0.1, 0.15) is 44.1 Å². The largest absolute Gasteiger partial charge is 0.399 e. The molecule has 0 aliphatic heterocycles. The van der Waals surface area contributed by atoms with E-state index in [1.54, 1.807) is 17.0 Å². The van der Waals surface area contributed by atoms with Crippen LogP contribution in [0.2, 0.25) is 5.02 Å². The van der Waals surface area contributed by atoms with E-state index in [2.05, 4.69) is 0 Å². The lowest BCUT2D eigenvalue weighted by Crippen LogP contribution is -2.28. The van der Waals surface area contributed by atoms with Gasteiger partial charge in [-0.15, -0.1) is 0 Å². The molecule has 20 heavy (non-hydrogen) atoms. The molecule has 0 radical (unpaired) electrons. The Bertz CT molecular complexity index is 470. The highest BCUT2D eigenvalue weighted by molar-refractivity contribution is 6.31. The third kappa shape index (κ3) is 4.14. The molecule has 3 nitrogen and oxygen atoms in total. The van der Waals surface area contributed by atoms with Crippen LogP contribution >= 0.6 is 11.6 Å². The molecule has 0 saturated heterocycles. The summed E-state index contributed by atoms with van der Waals surface area (Å²) in [4.78, 5) is 14.0. The molecule has 0 heterocycles. The summed E-state index contributed by atoms with van der Waals surface area (Å²) in [5.74, 6) is 0.769. The number of carbonyl (C=O) groups is 1. The standard InChI is InChI=1S/C16H23ClN2O/c1-19(11-13-10-14(18)7-8-15(13)17)16(20)9-12-5-3-2-4-6-12/h7-8,10,12H,2-6,9,11,18H2,1H3. The number of nitrogen functional groups attached to an aromatic ring is 1. The lowest BCUT2D eigenvalue weighted by Gasteiger charge is -2.24. The highest BCUT2D eigenvalue weighted by Crippen LogP contribution is 2.27. The minimum Gasteiger partial charge on any atom is -0.399 e. The van der Waals surface area contributed by atoms with E-state index < -0.39 is 0 Å². The number of nitrogens with zero attached hydrogens (tertiary/aromatic N) is 1. The molecule has 2 rings (SSSR count). The van der Waals surface area contributed by atoms with Crippen molar-refractivity contribution in [2.75, 3.05) is 12.8 Å². The zero-order chi connectivity index (χ0) is 14.5. The third-order valence-corrected chi connectivity index (χ3v) is 4.46. The van der Waals surface area contributed by atoms with E-state index in [0.717, 1.165) is 5.56 Å². The van der Waals surface area contributed by atoms with Crippen molar-refractivity contribution in [3.8, 4) is 0 Å². The number of benzene rings is 1. The van der Waals surface area contributed by atoms with Crippen LogP contribution in [0, 0.1) is 5.92 Å². The van der Waals surface area contributed by atoms with Crippen molar-refractivity contribution in [3.63, 3.8) is 0 Å². The molecule has 1 saturated carbocycles. The fourth-order valence-electron chi connectivity index (χ4n) is 2.85. The summed E-state index contributed by atoms with van der Waals surface area (Å²) >= 11 is 6.14. The van der Waals surface area contributed by atoms with Gasteiger partial charge in [0.2, 0.25) is 5.91 Å². The molecule has 0 atom stereocenters. The molecule has 1 aliphatic rings. The van der Waals surface area contributed by atoms with Gasteiger partial charge < -0.3 is 10.6 Å². The van der Waals surface area contributed by atoms with E-state index in [4.69, 9.17) is 17.3 Å². The number of hydrogen-bond acceptors (Lipinski definition) is 2. The Morgan fingerprint density at radius 2 is 2.05 bits per heavy atom. The van der Waals surface area contributed by atoms with Crippen LogP contribution in [0.3, 0.4) is 0 Å². The maximum Gasteiger partial charge on any atom is 0.222 e. The van der Waals surface area contributed by atoms with Gasteiger partial charge in [-0.2, -0.15) is 0 Å². The summed E-state index contributed by atoms with van der Waals surface area (Å²) in [7, 11) is 1.84. The van der Waals surface area contributed by atoms with Crippen molar-refractivity contribution in [2.24, 2.45) is 5.92 Å². The number of amides is 1. The van der Waals surface area contributed by atoms with Crippen LogP contribution in [0.4, 0.5) is 5.69 Å². The van der Waals surface area contributed by atoms with Crippen molar-refractivity contribution in [1.29, 1.82) is 0 Å². The molecule has 110 valence electrons. The fourth-order valence-corrected chi connectivity index (χ4v) is 3.03. The van der Waals surface area contributed by atoms with E-state index in [1.807, 2.05) is 13.1 Å². The van der Waals surface area contributed by atoms with Crippen LogP contribution in [0.15, 0.2) is 18.2 Å². The first kappa shape index (κ1) is 15.2. The van der Waals surface area contributed by atoms with E-state index in [1.165, 1.54) is 32.1 Å². The van der Waals surface area contributed by atoms with E-state index in [9.17, 15) is 4.79 Å². The van der Waals surface area contributed by atoms with Crippen molar-refractivity contribution in [1.82, 2.24) is 4.90 Å². The molecule has 0 unspecified atom stereocenters. The highest BCUT2D eigenvalue weighted by Gasteiger charge is 2.19. The molecule has 1 aromatic carbocycles. The number of anilines is 1. The summed E-state index contributed by atoms with van der Waals surface area (Å²) in [5, 5.41) is 0.663. The SMILES string of the molecule is CN(Cc1cc(N)ccc1Cl)C(=O)CC1CCCCC1. The van der Waals surface area contributed by atoms with Gasteiger partial charge in [0.1, 0.15) is 0 Å². The highest BCUT2D eigenvalue weighted by atomic mass is 35.5. The molecular formula is C16H23ClN2O. The monoisotopic (exact) mass is 294 g/mol. The Morgan fingerprint density at radius 3 is 2.75 bits per heavy atom. The van der Waals surface area contributed by atoms with Crippen LogP contribution < -0.4 is 5.73 Å². The maximum atomic E-state index is 12.3. The molecule has 0 bridgehead atoms. The van der Waals surface area contributed by atoms with Gasteiger partial charge in [0, 0.05) is 30.7 Å². The first-order valence-electron chi connectivity index (χ1n) is 7.34. The molecule has 1 amide bonds. The number of carbonyl (C=O) groups excluding carboxylic acids is 1. The van der Waals surface area contributed by atoms with Gasteiger partial charge in [-0.25, -0.2) is 0 Å². The minimum absolute atomic E-state index is 0.204. The average Bonchev–Trinajstić information content (AvgIpc) is 2.44. The number of halogens is 1. The lowest BCUT2D eigenvalue weighted by atomic mass is 9.86. The van der Waals surface area contributed by atoms with Crippen LogP contribution in [-0.4, -0.2) is 17.9 Å². The van der Waals surface area contributed by atoms with Gasteiger partial charge in [-0.3, -0.25) is 4.79 Å². The predicted molar refractivity (Wildman–Crippen MR) is 83.5 cm³/mol. The second-order valence-corrected chi connectivity index (χ2v) is 6.22. The second-order valence-electron chi connectivity index (χ2n) is 5.81. The fraction of sp³-hybridized carbons (Fsp3) is 0.562. The molecule has 1 aromatic rings. The molecule has 0 aromatic heterocycles. The molecular weight excluding hydrogens is 272 g/mol. The Morgan fingerprint density at radius 1 is 1.35 bits per heavy atom. The number of rotatable bonds is 4. The summed E-state index contributed by atoms with van der Waals surface area (Å²) in [5.41, 5.74) is 7.35. The minimum atomic E-state index is 0.204. The third-order valence-electron chi connectivity index (χ3n) is 4.09. The number of nitrogens with two attached hydrogens (primary N) is 1. The zero-order valence-corrected chi connectivity index (χ0v) is 12.8. The molecule has 4 heteroatoms. The second kappa shape index (κ2) is 6.98. The maximum absolute atomic E-state index is 12.3. The first-order chi connectivity index (χ1) is 9.56. The van der Waals surface area contributed by atoms with Crippen molar-refractivity contribution < 1.29 is 4.79 Å². The quantitative estimate of drug-likeness (QED) is 0.857. The molecule has 2 N–H and O–H groups in total. The molecule has 1 fully saturated rings. The van der Waals surface area contributed by atoms with Gasteiger partial charge in [-0.1, -0.05) is 30.9 Å². The Labute approximate surface area is 126 Å². The van der Waals surface area contributed by atoms with Crippen LogP contribution in [0.5, 0.6) is 0 Å². The summed E-state index contributed by atoms with van der Waals surface area (Å²) in [6, 6.07) is 5.40. The van der Waals surface area contributed by atoms with Crippen molar-refractivity contribution >= 4 is 23.2 Å². The van der Waals surface area contributed by atoms with Crippen LogP contribution in [0.25, 0.3) is 0 Å². The Hall–Kier alpha value is -1.22. The molecule has 1 aliphatic carbocycles.